The minimum atomic E-state index is -4.76. The molecule has 0 fully saturated rings. The van der Waals surface area contributed by atoms with Crippen LogP contribution >= 0.6 is 11.6 Å². The summed E-state index contributed by atoms with van der Waals surface area (Å²) in [4.78, 5) is 7.28. The average molecular weight is 284 g/mol. The van der Waals surface area contributed by atoms with Gasteiger partial charge in [0.25, 0.3) is 0 Å². The number of rotatable bonds is 5. The first-order chi connectivity index (χ1) is 8.31. The molecular weight excluding hydrogens is 271 g/mol. The van der Waals surface area contributed by atoms with Crippen LogP contribution < -0.4 is 10.1 Å². The molecule has 2 atom stereocenters. The topological polar surface area (TPSA) is 47.0 Å². The minimum absolute atomic E-state index is 0.0335. The number of halogens is 4. The molecule has 1 aromatic rings. The highest BCUT2D eigenvalue weighted by atomic mass is 35.5. The number of ether oxygens (including phenoxy) is 1. The van der Waals surface area contributed by atoms with Crippen molar-refractivity contribution < 1.29 is 17.9 Å². The molecule has 18 heavy (non-hydrogen) atoms. The molecular formula is C10H13ClF3N3O. The molecule has 0 spiro atoms. The second-order valence-corrected chi connectivity index (χ2v) is 4.16. The Morgan fingerprint density at radius 2 is 2.00 bits per heavy atom. The standard InChI is InChI=1S/C10H13ClF3N3O/c1-6(3-11)7(2)17-8-4-16-9(5-15-8)18-10(12,13)14/h4-7H,3H2,1-2H3,(H,15,17). The number of anilines is 1. The lowest BCUT2D eigenvalue weighted by molar-refractivity contribution is -0.276. The van der Waals surface area contributed by atoms with E-state index >= 15 is 0 Å². The fourth-order valence-corrected chi connectivity index (χ4v) is 1.34. The summed E-state index contributed by atoms with van der Waals surface area (Å²) < 4.78 is 39.3. The fraction of sp³-hybridized carbons (Fsp3) is 0.600. The van der Waals surface area contributed by atoms with Gasteiger partial charge in [-0.25, -0.2) is 9.97 Å². The quantitative estimate of drug-likeness (QED) is 0.844. The van der Waals surface area contributed by atoms with Crippen LogP contribution in [-0.2, 0) is 0 Å². The minimum Gasteiger partial charge on any atom is -0.386 e. The van der Waals surface area contributed by atoms with Crippen LogP contribution in [0.25, 0.3) is 0 Å². The fourth-order valence-electron chi connectivity index (χ4n) is 1.07. The van der Waals surface area contributed by atoms with E-state index in [4.69, 9.17) is 11.6 Å². The van der Waals surface area contributed by atoms with Crippen molar-refractivity contribution in [2.75, 3.05) is 11.2 Å². The molecule has 0 aromatic carbocycles. The number of nitrogens with one attached hydrogen (secondary N) is 1. The maximum atomic E-state index is 11.9. The summed E-state index contributed by atoms with van der Waals surface area (Å²) in [5.74, 6) is 0.441. The van der Waals surface area contributed by atoms with Crippen LogP contribution in [0.2, 0.25) is 0 Å². The largest absolute Gasteiger partial charge is 0.574 e. The van der Waals surface area contributed by atoms with Gasteiger partial charge in [0.15, 0.2) is 0 Å². The Balaban J connectivity index is 2.60. The molecule has 0 saturated heterocycles. The van der Waals surface area contributed by atoms with Gasteiger partial charge in [0.2, 0.25) is 5.88 Å². The van der Waals surface area contributed by atoms with Crippen molar-refractivity contribution in [3.8, 4) is 5.88 Å². The van der Waals surface area contributed by atoms with Crippen molar-refractivity contribution in [2.45, 2.75) is 26.3 Å². The third kappa shape index (κ3) is 4.95. The highest BCUT2D eigenvalue weighted by molar-refractivity contribution is 6.18. The van der Waals surface area contributed by atoms with Crippen molar-refractivity contribution in [2.24, 2.45) is 5.92 Å². The van der Waals surface area contributed by atoms with Crippen molar-refractivity contribution in [3.63, 3.8) is 0 Å². The van der Waals surface area contributed by atoms with E-state index in [9.17, 15) is 13.2 Å². The number of alkyl halides is 4. The Hall–Kier alpha value is -1.24. The molecule has 0 amide bonds. The van der Waals surface area contributed by atoms with Gasteiger partial charge in [-0.05, 0) is 12.8 Å². The third-order valence-electron chi connectivity index (χ3n) is 2.32. The number of nitrogens with zero attached hydrogens (tertiary/aromatic N) is 2. The van der Waals surface area contributed by atoms with Gasteiger partial charge in [0.1, 0.15) is 5.82 Å². The molecule has 0 aliphatic carbocycles. The average Bonchev–Trinajstić information content (AvgIpc) is 2.28. The van der Waals surface area contributed by atoms with Gasteiger partial charge in [0.05, 0.1) is 12.4 Å². The summed E-state index contributed by atoms with van der Waals surface area (Å²) in [7, 11) is 0. The zero-order valence-electron chi connectivity index (χ0n) is 9.83. The van der Waals surface area contributed by atoms with E-state index in [0.717, 1.165) is 6.20 Å². The van der Waals surface area contributed by atoms with E-state index in [1.54, 1.807) is 0 Å². The maximum Gasteiger partial charge on any atom is 0.574 e. The van der Waals surface area contributed by atoms with Crippen LogP contribution in [0.4, 0.5) is 19.0 Å². The Morgan fingerprint density at radius 3 is 2.44 bits per heavy atom. The van der Waals surface area contributed by atoms with Crippen LogP contribution in [0, 0.1) is 5.92 Å². The summed E-state index contributed by atoms with van der Waals surface area (Å²) in [5, 5.41) is 2.99. The molecule has 0 bridgehead atoms. The number of aromatic nitrogens is 2. The van der Waals surface area contributed by atoms with Crippen LogP contribution in [0.1, 0.15) is 13.8 Å². The summed E-state index contributed by atoms with van der Waals surface area (Å²) in [5.41, 5.74) is 0. The number of hydrogen-bond acceptors (Lipinski definition) is 4. The van der Waals surface area contributed by atoms with Crippen molar-refractivity contribution in [3.05, 3.63) is 12.4 Å². The van der Waals surface area contributed by atoms with Gasteiger partial charge < -0.3 is 10.1 Å². The molecule has 0 aliphatic rings. The Kier molecular flexibility index (Phi) is 5.01. The zero-order valence-corrected chi connectivity index (χ0v) is 10.6. The highest BCUT2D eigenvalue weighted by Crippen LogP contribution is 2.20. The molecule has 4 nitrogen and oxygen atoms in total. The molecule has 0 aliphatic heterocycles. The van der Waals surface area contributed by atoms with Crippen LogP contribution in [0.5, 0.6) is 5.88 Å². The van der Waals surface area contributed by atoms with Crippen molar-refractivity contribution >= 4 is 17.4 Å². The van der Waals surface area contributed by atoms with E-state index in [0.29, 0.717) is 11.7 Å². The summed E-state index contributed by atoms with van der Waals surface area (Å²) in [6, 6.07) is 0.0335. The third-order valence-corrected chi connectivity index (χ3v) is 2.81. The predicted octanol–water partition coefficient (Wildman–Crippen LogP) is 3.05. The lowest BCUT2D eigenvalue weighted by Gasteiger charge is -2.19. The van der Waals surface area contributed by atoms with Gasteiger partial charge in [-0.1, -0.05) is 6.92 Å². The lowest BCUT2D eigenvalue weighted by atomic mass is 10.1. The monoisotopic (exact) mass is 283 g/mol. The van der Waals surface area contributed by atoms with Crippen LogP contribution in [-0.4, -0.2) is 28.3 Å². The Labute approximate surface area is 108 Å². The second-order valence-electron chi connectivity index (χ2n) is 3.85. The van der Waals surface area contributed by atoms with Crippen molar-refractivity contribution in [1.82, 2.24) is 9.97 Å². The SMILES string of the molecule is CC(CCl)C(C)Nc1cnc(OC(F)(F)F)cn1. The van der Waals surface area contributed by atoms with E-state index in [1.165, 1.54) is 6.20 Å². The normalized spacial score (nSPS) is 15.0. The maximum absolute atomic E-state index is 11.9. The van der Waals surface area contributed by atoms with E-state index in [1.807, 2.05) is 13.8 Å². The summed E-state index contributed by atoms with van der Waals surface area (Å²) >= 11 is 5.69. The molecule has 1 N–H and O–H groups in total. The first-order valence-electron chi connectivity index (χ1n) is 5.22. The summed E-state index contributed by atoms with van der Waals surface area (Å²) in [6.45, 7) is 3.84. The van der Waals surface area contributed by atoms with Crippen LogP contribution in [0.15, 0.2) is 12.4 Å². The lowest BCUT2D eigenvalue weighted by Crippen LogP contribution is -2.25. The Morgan fingerprint density at radius 1 is 1.33 bits per heavy atom. The first kappa shape index (κ1) is 14.8. The smallest absolute Gasteiger partial charge is 0.386 e. The van der Waals surface area contributed by atoms with Gasteiger partial charge in [-0.15, -0.1) is 24.8 Å². The Bertz CT molecular complexity index is 372. The van der Waals surface area contributed by atoms with E-state index in [-0.39, 0.29) is 12.0 Å². The number of hydrogen-bond donors (Lipinski definition) is 1. The molecule has 1 heterocycles. The second kappa shape index (κ2) is 6.08. The molecule has 0 radical (unpaired) electrons. The van der Waals surface area contributed by atoms with E-state index < -0.39 is 12.2 Å². The van der Waals surface area contributed by atoms with Crippen LogP contribution in [0.3, 0.4) is 0 Å². The molecule has 8 heteroatoms. The summed E-state index contributed by atoms with van der Waals surface area (Å²) in [6.07, 6.45) is -2.67. The van der Waals surface area contributed by atoms with Gasteiger partial charge in [-0.3, -0.25) is 0 Å². The highest BCUT2D eigenvalue weighted by Gasteiger charge is 2.31. The molecule has 1 aromatic heterocycles. The molecule has 0 saturated carbocycles. The van der Waals surface area contributed by atoms with Gasteiger partial charge in [-0.2, -0.15) is 0 Å². The van der Waals surface area contributed by atoms with Crippen molar-refractivity contribution in [1.29, 1.82) is 0 Å². The van der Waals surface area contributed by atoms with Gasteiger partial charge in [0, 0.05) is 11.9 Å². The first-order valence-corrected chi connectivity index (χ1v) is 5.75. The molecule has 2 unspecified atom stereocenters. The zero-order chi connectivity index (χ0) is 13.8. The van der Waals surface area contributed by atoms with E-state index in [2.05, 4.69) is 20.0 Å². The molecule has 1 rings (SSSR count). The molecule has 102 valence electrons. The predicted molar refractivity (Wildman–Crippen MR) is 61.7 cm³/mol. The van der Waals surface area contributed by atoms with Gasteiger partial charge >= 0.3 is 6.36 Å².